The number of halogens is 1. The fourth-order valence-corrected chi connectivity index (χ4v) is 2.44. The third kappa shape index (κ3) is 3.48. The van der Waals surface area contributed by atoms with Gasteiger partial charge in [0.1, 0.15) is 6.29 Å². The van der Waals surface area contributed by atoms with E-state index in [1.54, 1.807) is 7.11 Å². The van der Waals surface area contributed by atoms with Gasteiger partial charge in [0, 0.05) is 6.42 Å². The molecule has 1 aromatic rings. The summed E-state index contributed by atoms with van der Waals surface area (Å²) in [7, 11) is 1.63. The first-order valence-electron chi connectivity index (χ1n) is 6.17. The molecule has 2 rings (SSSR count). The van der Waals surface area contributed by atoms with Crippen molar-refractivity contribution in [3.05, 3.63) is 22.2 Å². The van der Waals surface area contributed by atoms with Crippen LogP contribution in [0.4, 0.5) is 0 Å². The Balaban J connectivity index is 2.15. The Labute approximate surface area is 116 Å². The van der Waals surface area contributed by atoms with Crippen LogP contribution < -0.4 is 9.47 Å². The first-order chi connectivity index (χ1) is 8.74. The van der Waals surface area contributed by atoms with Crippen molar-refractivity contribution in [1.29, 1.82) is 0 Å². The van der Waals surface area contributed by atoms with E-state index >= 15 is 0 Å². The van der Waals surface area contributed by atoms with Gasteiger partial charge in [-0.05, 0) is 58.8 Å². The number of benzene rings is 1. The molecule has 0 radical (unpaired) electrons. The topological polar surface area (TPSA) is 35.5 Å². The van der Waals surface area contributed by atoms with Gasteiger partial charge in [-0.25, -0.2) is 0 Å². The highest BCUT2D eigenvalue weighted by Gasteiger charge is 2.23. The summed E-state index contributed by atoms with van der Waals surface area (Å²) in [5, 5.41) is 0. The van der Waals surface area contributed by atoms with Gasteiger partial charge in [-0.15, -0.1) is 0 Å². The molecule has 1 fully saturated rings. The van der Waals surface area contributed by atoms with Crippen molar-refractivity contribution in [2.45, 2.75) is 25.7 Å². The minimum absolute atomic E-state index is 0.529. The molecule has 18 heavy (non-hydrogen) atoms. The summed E-state index contributed by atoms with van der Waals surface area (Å²) >= 11 is 3.48. The van der Waals surface area contributed by atoms with E-state index in [2.05, 4.69) is 15.9 Å². The number of methoxy groups -OCH3 is 1. The van der Waals surface area contributed by atoms with E-state index < -0.39 is 0 Å². The Hall–Kier alpha value is -1.03. The van der Waals surface area contributed by atoms with Crippen LogP contribution in [0.15, 0.2) is 16.6 Å². The van der Waals surface area contributed by atoms with Gasteiger partial charge in [-0.2, -0.15) is 0 Å². The zero-order valence-corrected chi connectivity index (χ0v) is 12.0. The summed E-state index contributed by atoms with van der Waals surface area (Å²) in [6.45, 7) is 0.750. The molecular formula is C14H17BrO3. The molecule has 1 aromatic carbocycles. The van der Waals surface area contributed by atoms with Crippen LogP contribution in [0.2, 0.25) is 0 Å². The van der Waals surface area contributed by atoms with Crippen molar-refractivity contribution < 1.29 is 14.3 Å². The quantitative estimate of drug-likeness (QED) is 0.724. The number of carbonyl (C=O) groups excluding carboxylic acids is 1. The third-order valence-electron chi connectivity index (χ3n) is 3.00. The van der Waals surface area contributed by atoms with Crippen molar-refractivity contribution in [2.75, 3.05) is 13.7 Å². The Kier molecular flexibility index (Phi) is 4.64. The minimum Gasteiger partial charge on any atom is -0.492 e. The molecule has 0 saturated heterocycles. The lowest BCUT2D eigenvalue weighted by atomic mass is 10.1. The average Bonchev–Trinajstić information content (AvgIpc) is 3.17. The summed E-state index contributed by atoms with van der Waals surface area (Å²) in [6, 6.07) is 3.95. The molecule has 0 N–H and O–H groups in total. The van der Waals surface area contributed by atoms with Crippen LogP contribution in [-0.4, -0.2) is 20.0 Å². The summed E-state index contributed by atoms with van der Waals surface area (Å²) in [4.78, 5) is 10.4. The minimum atomic E-state index is 0.529. The van der Waals surface area contributed by atoms with Crippen LogP contribution in [0.3, 0.4) is 0 Å². The molecule has 0 spiro atoms. The van der Waals surface area contributed by atoms with Gasteiger partial charge < -0.3 is 14.3 Å². The smallest absolute Gasteiger partial charge is 0.174 e. The summed E-state index contributed by atoms with van der Waals surface area (Å²) < 4.78 is 12.0. The SMILES string of the molecule is COc1c(Br)cc(CCC=O)cc1OCC1CC1. The fraction of sp³-hybridized carbons (Fsp3) is 0.500. The molecule has 4 heteroatoms. The lowest BCUT2D eigenvalue weighted by Gasteiger charge is -2.13. The lowest BCUT2D eigenvalue weighted by Crippen LogP contribution is -2.02. The highest BCUT2D eigenvalue weighted by molar-refractivity contribution is 9.10. The monoisotopic (exact) mass is 312 g/mol. The standard InChI is InChI=1S/C14H17BrO3/c1-17-14-12(15)7-11(3-2-6-16)8-13(14)18-9-10-4-5-10/h6-8,10H,2-5,9H2,1H3. The van der Waals surface area contributed by atoms with Crippen LogP contribution >= 0.6 is 15.9 Å². The number of rotatable bonds is 7. The van der Waals surface area contributed by atoms with Crippen molar-refractivity contribution in [3.63, 3.8) is 0 Å². The first-order valence-corrected chi connectivity index (χ1v) is 6.96. The second-order valence-corrected chi connectivity index (χ2v) is 5.42. The van der Waals surface area contributed by atoms with Crippen molar-refractivity contribution in [1.82, 2.24) is 0 Å². The van der Waals surface area contributed by atoms with E-state index in [0.29, 0.717) is 12.3 Å². The van der Waals surface area contributed by atoms with E-state index in [-0.39, 0.29) is 0 Å². The van der Waals surface area contributed by atoms with Gasteiger partial charge >= 0.3 is 0 Å². The largest absolute Gasteiger partial charge is 0.492 e. The fourth-order valence-electron chi connectivity index (χ4n) is 1.79. The van der Waals surface area contributed by atoms with Crippen molar-refractivity contribution in [3.8, 4) is 11.5 Å². The number of carbonyl (C=O) groups is 1. The maximum Gasteiger partial charge on any atom is 0.174 e. The zero-order chi connectivity index (χ0) is 13.0. The third-order valence-corrected chi connectivity index (χ3v) is 3.58. The summed E-state index contributed by atoms with van der Waals surface area (Å²) in [5.74, 6) is 2.19. The molecule has 0 atom stereocenters. The molecule has 98 valence electrons. The first kappa shape index (κ1) is 13.4. The molecule has 0 amide bonds. The molecule has 0 unspecified atom stereocenters. The van der Waals surface area contributed by atoms with Crippen LogP contribution in [-0.2, 0) is 11.2 Å². The van der Waals surface area contributed by atoms with Crippen LogP contribution in [0.1, 0.15) is 24.8 Å². The molecule has 0 heterocycles. The predicted octanol–water partition coefficient (Wildman–Crippen LogP) is 3.38. The maximum atomic E-state index is 10.4. The van der Waals surface area contributed by atoms with E-state index in [1.807, 2.05) is 12.1 Å². The van der Waals surface area contributed by atoms with Crippen LogP contribution in [0.25, 0.3) is 0 Å². The Morgan fingerprint density at radius 3 is 2.83 bits per heavy atom. The van der Waals surface area contributed by atoms with E-state index in [1.165, 1.54) is 12.8 Å². The average molecular weight is 313 g/mol. The number of aldehydes is 1. The zero-order valence-electron chi connectivity index (χ0n) is 10.4. The normalized spacial score (nSPS) is 14.3. The van der Waals surface area contributed by atoms with E-state index in [0.717, 1.165) is 40.8 Å². The molecule has 0 bridgehead atoms. The Bertz CT molecular complexity index is 427. The van der Waals surface area contributed by atoms with Gasteiger partial charge in [-0.1, -0.05) is 0 Å². The van der Waals surface area contributed by atoms with Crippen molar-refractivity contribution >= 4 is 22.2 Å². The molecule has 1 saturated carbocycles. The van der Waals surface area contributed by atoms with Gasteiger partial charge in [-0.3, -0.25) is 0 Å². The van der Waals surface area contributed by atoms with Crippen LogP contribution in [0, 0.1) is 5.92 Å². The molecule has 1 aliphatic carbocycles. The van der Waals surface area contributed by atoms with Gasteiger partial charge in [0.25, 0.3) is 0 Å². The van der Waals surface area contributed by atoms with E-state index in [4.69, 9.17) is 9.47 Å². The maximum absolute atomic E-state index is 10.4. The lowest BCUT2D eigenvalue weighted by molar-refractivity contribution is -0.107. The van der Waals surface area contributed by atoms with Gasteiger partial charge in [0.05, 0.1) is 18.2 Å². The second-order valence-electron chi connectivity index (χ2n) is 4.57. The highest BCUT2D eigenvalue weighted by Crippen LogP contribution is 2.38. The van der Waals surface area contributed by atoms with E-state index in [9.17, 15) is 4.79 Å². The Morgan fingerprint density at radius 2 is 2.22 bits per heavy atom. The number of aryl methyl sites for hydroxylation is 1. The molecule has 1 aliphatic rings. The molecule has 3 nitrogen and oxygen atoms in total. The number of hydrogen-bond donors (Lipinski definition) is 0. The van der Waals surface area contributed by atoms with Gasteiger partial charge in [0.15, 0.2) is 11.5 Å². The summed E-state index contributed by atoms with van der Waals surface area (Å²) in [5.41, 5.74) is 1.08. The van der Waals surface area contributed by atoms with Crippen LogP contribution in [0.5, 0.6) is 11.5 Å². The molecule has 0 aromatic heterocycles. The number of hydrogen-bond acceptors (Lipinski definition) is 3. The Morgan fingerprint density at radius 1 is 1.44 bits per heavy atom. The second kappa shape index (κ2) is 6.23. The predicted molar refractivity (Wildman–Crippen MR) is 73.3 cm³/mol. The van der Waals surface area contributed by atoms with Crippen molar-refractivity contribution in [2.24, 2.45) is 5.92 Å². The highest BCUT2D eigenvalue weighted by atomic mass is 79.9. The molecular weight excluding hydrogens is 296 g/mol. The molecule has 0 aliphatic heterocycles. The number of ether oxygens (including phenoxy) is 2. The van der Waals surface area contributed by atoms with Gasteiger partial charge in [0.2, 0.25) is 0 Å². The summed E-state index contributed by atoms with van der Waals surface area (Å²) in [6.07, 6.45) is 4.71.